The summed E-state index contributed by atoms with van der Waals surface area (Å²) in [7, 11) is 0. The molecule has 4 rings (SSSR count). The number of hydrogen-bond acceptors (Lipinski definition) is 6. The van der Waals surface area contributed by atoms with Gasteiger partial charge in [0.1, 0.15) is 11.5 Å². The summed E-state index contributed by atoms with van der Waals surface area (Å²) >= 11 is 0. The normalized spacial score (nSPS) is 16.8. The molecule has 7 nitrogen and oxygen atoms in total. The average Bonchev–Trinajstić information content (AvgIpc) is 3.16. The maximum Gasteiger partial charge on any atom is 0.295 e. The average molecular weight is 514 g/mol. The molecule has 2 heterocycles. The molecule has 198 valence electrons. The summed E-state index contributed by atoms with van der Waals surface area (Å²) in [5.41, 5.74) is 3.97. The summed E-state index contributed by atoms with van der Waals surface area (Å²) in [5, 5.41) is 11.5. The van der Waals surface area contributed by atoms with E-state index in [1.807, 2.05) is 51.1 Å². The van der Waals surface area contributed by atoms with E-state index in [4.69, 9.17) is 4.74 Å². The van der Waals surface area contributed by atoms with Crippen LogP contribution in [0.15, 0.2) is 72.6 Å². The minimum atomic E-state index is -0.743. The highest BCUT2D eigenvalue weighted by Gasteiger charge is 2.46. The van der Waals surface area contributed by atoms with Gasteiger partial charge in [0.2, 0.25) is 0 Å². The van der Waals surface area contributed by atoms with Crippen LogP contribution in [0.25, 0.3) is 5.76 Å². The second-order valence-corrected chi connectivity index (χ2v) is 9.70. The summed E-state index contributed by atoms with van der Waals surface area (Å²) in [6.07, 6.45) is 3.34. The van der Waals surface area contributed by atoms with Gasteiger partial charge in [0.05, 0.1) is 17.7 Å². The van der Waals surface area contributed by atoms with Crippen LogP contribution in [-0.4, -0.2) is 45.9 Å². The first kappa shape index (κ1) is 26.9. The van der Waals surface area contributed by atoms with Crippen molar-refractivity contribution in [3.63, 3.8) is 0 Å². The first-order chi connectivity index (χ1) is 18.2. The van der Waals surface area contributed by atoms with Gasteiger partial charge >= 0.3 is 0 Å². The van der Waals surface area contributed by atoms with E-state index >= 15 is 0 Å². The van der Waals surface area contributed by atoms with Crippen molar-refractivity contribution in [2.45, 2.75) is 53.3 Å². The van der Waals surface area contributed by atoms with Crippen LogP contribution < -0.4 is 9.64 Å². The molecule has 1 saturated heterocycles. The second kappa shape index (κ2) is 11.5. The third-order valence-corrected chi connectivity index (χ3v) is 6.76. The fourth-order valence-electron chi connectivity index (χ4n) is 4.87. The van der Waals surface area contributed by atoms with E-state index in [-0.39, 0.29) is 24.0 Å². The molecule has 0 aliphatic carbocycles. The van der Waals surface area contributed by atoms with Gasteiger partial charge in [-0.2, -0.15) is 0 Å². The molecule has 0 radical (unpaired) electrons. The summed E-state index contributed by atoms with van der Waals surface area (Å²) < 4.78 is 5.83. The third kappa shape index (κ3) is 5.42. The summed E-state index contributed by atoms with van der Waals surface area (Å²) in [6.45, 7) is 11.9. The third-order valence-electron chi connectivity index (χ3n) is 6.76. The largest absolute Gasteiger partial charge is 0.507 e. The van der Waals surface area contributed by atoms with Gasteiger partial charge < -0.3 is 19.6 Å². The molecular weight excluding hydrogens is 478 g/mol. The Kier molecular flexibility index (Phi) is 8.15. The number of likely N-dealkylation sites (tertiary alicyclic amines) is 1. The predicted molar refractivity (Wildman–Crippen MR) is 149 cm³/mol. The number of Topliss-reactive ketones (excluding diaryl/α,β-unsaturated/α-hetero) is 1. The highest BCUT2D eigenvalue weighted by molar-refractivity contribution is 6.46. The molecular formula is C31H35N3O4. The van der Waals surface area contributed by atoms with Gasteiger partial charge in [0, 0.05) is 43.3 Å². The summed E-state index contributed by atoms with van der Waals surface area (Å²) in [4.78, 5) is 34.6. The summed E-state index contributed by atoms with van der Waals surface area (Å²) in [6, 6.07) is 16.0. The monoisotopic (exact) mass is 513 g/mol. The molecule has 3 aromatic rings. The fourth-order valence-corrected chi connectivity index (χ4v) is 4.87. The number of aliphatic hydroxyl groups is 1. The van der Waals surface area contributed by atoms with Crippen LogP contribution >= 0.6 is 0 Å². The lowest BCUT2D eigenvalue weighted by Crippen LogP contribution is -2.29. The SMILES string of the molecule is CCN(CC)c1ccc(C2/C(=C(/O)c3ccc(OC(C)C)c(C)c3)C(=O)C(=O)N2Cc2cccnc2)cc1. The zero-order valence-corrected chi connectivity index (χ0v) is 22.6. The number of anilines is 1. The molecule has 0 saturated carbocycles. The van der Waals surface area contributed by atoms with E-state index in [0.717, 1.165) is 35.5 Å². The van der Waals surface area contributed by atoms with Crippen molar-refractivity contribution in [3.05, 3.63) is 94.8 Å². The number of ketones is 1. The molecule has 1 amide bonds. The van der Waals surface area contributed by atoms with Crippen LogP contribution in [0.5, 0.6) is 5.75 Å². The Morgan fingerprint density at radius 3 is 2.37 bits per heavy atom. The molecule has 0 spiro atoms. The van der Waals surface area contributed by atoms with Crippen LogP contribution in [0.3, 0.4) is 0 Å². The van der Waals surface area contributed by atoms with E-state index in [9.17, 15) is 14.7 Å². The lowest BCUT2D eigenvalue weighted by atomic mass is 9.94. The molecule has 2 aromatic carbocycles. The number of aliphatic hydroxyl groups excluding tert-OH is 1. The molecule has 1 N–H and O–H groups in total. The molecule has 38 heavy (non-hydrogen) atoms. The van der Waals surface area contributed by atoms with E-state index in [1.165, 1.54) is 4.90 Å². The molecule has 1 aliphatic rings. The Labute approximate surface area is 224 Å². The molecule has 1 unspecified atom stereocenters. The number of amides is 1. The molecule has 1 aromatic heterocycles. The number of hydrogen-bond donors (Lipinski definition) is 1. The molecule has 7 heteroatoms. The van der Waals surface area contributed by atoms with Gasteiger partial charge in [0.15, 0.2) is 0 Å². The minimum Gasteiger partial charge on any atom is -0.507 e. The number of aromatic nitrogens is 1. The molecule has 0 bridgehead atoms. The number of carbonyl (C=O) groups excluding carboxylic acids is 2. The van der Waals surface area contributed by atoms with Gasteiger partial charge in [-0.05, 0) is 87.7 Å². The smallest absolute Gasteiger partial charge is 0.295 e. The molecule has 1 atom stereocenters. The number of benzene rings is 2. The van der Waals surface area contributed by atoms with Crippen LogP contribution in [0.4, 0.5) is 5.69 Å². The Bertz CT molecular complexity index is 1330. The predicted octanol–water partition coefficient (Wildman–Crippen LogP) is 5.65. The van der Waals surface area contributed by atoms with Crippen LogP contribution in [-0.2, 0) is 16.1 Å². The Morgan fingerprint density at radius 2 is 1.79 bits per heavy atom. The standard InChI is InChI=1S/C31H35N3O4/c1-6-33(7-2)25-13-10-23(11-14-25)28-27(29(35)24-12-15-26(21(5)17-24)38-20(3)4)30(36)31(37)34(28)19-22-9-8-16-32-18-22/h8-18,20,28,35H,6-7,19H2,1-5H3/b29-27-. The zero-order chi connectivity index (χ0) is 27.4. The van der Waals surface area contributed by atoms with Gasteiger partial charge in [0.25, 0.3) is 11.7 Å². The number of rotatable bonds is 9. The number of ether oxygens (including phenoxy) is 1. The molecule has 1 aliphatic heterocycles. The van der Waals surface area contributed by atoms with Gasteiger partial charge in [-0.25, -0.2) is 0 Å². The maximum absolute atomic E-state index is 13.4. The fraction of sp³-hybridized carbons (Fsp3) is 0.323. The lowest BCUT2D eigenvalue weighted by Gasteiger charge is -2.26. The zero-order valence-electron chi connectivity index (χ0n) is 22.6. The molecule has 1 fully saturated rings. The van der Waals surface area contributed by atoms with E-state index in [1.54, 1.807) is 36.7 Å². The van der Waals surface area contributed by atoms with E-state index < -0.39 is 17.7 Å². The Morgan fingerprint density at radius 1 is 1.08 bits per heavy atom. The topological polar surface area (TPSA) is 83.0 Å². The van der Waals surface area contributed by atoms with Gasteiger partial charge in [-0.1, -0.05) is 18.2 Å². The van der Waals surface area contributed by atoms with E-state index in [2.05, 4.69) is 23.7 Å². The number of aryl methyl sites for hydroxylation is 1. The van der Waals surface area contributed by atoms with Gasteiger partial charge in [-0.15, -0.1) is 0 Å². The van der Waals surface area contributed by atoms with Crippen LogP contribution in [0.2, 0.25) is 0 Å². The van der Waals surface area contributed by atoms with Crippen molar-refractivity contribution in [2.75, 3.05) is 18.0 Å². The van der Waals surface area contributed by atoms with Crippen LogP contribution in [0, 0.1) is 6.92 Å². The first-order valence-corrected chi connectivity index (χ1v) is 13.0. The number of carbonyl (C=O) groups is 2. The maximum atomic E-state index is 13.4. The van der Waals surface area contributed by atoms with Crippen molar-refractivity contribution >= 4 is 23.1 Å². The Balaban J connectivity index is 1.82. The highest BCUT2D eigenvalue weighted by Crippen LogP contribution is 2.41. The van der Waals surface area contributed by atoms with Crippen molar-refractivity contribution < 1.29 is 19.4 Å². The van der Waals surface area contributed by atoms with Crippen molar-refractivity contribution in [1.82, 2.24) is 9.88 Å². The van der Waals surface area contributed by atoms with E-state index in [0.29, 0.717) is 11.3 Å². The Hall–Kier alpha value is -4.13. The minimum absolute atomic E-state index is 0.00487. The number of pyridine rings is 1. The van der Waals surface area contributed by atoms with Crippen molar-refractivity contribution in [1.29, 1.82) is 0 Å². The van der Waals surface area contributed by atoms with Crippen molar-refractivity contribution in [2.24, 2.45) is 0 Å². The van der Waals surface area contributed by atoms with Crippen LogP contribution in [0.1, 0.15) is 56.0 Å². The lowest BCUT2D eigenvalue weighted by molar-refractivity contribution is -0.140. The van der Waals surface area contributed by atoms with Gasteiger partial charge in [-0.3, -0.25) is 14.6 Å². The highest BCUT2D eigenvalue weighted by atomic mass is 16.5. The summed E-state index contributed by atoms with van der Waals surface area (Å²) in [5.74, 6) is -0.847. The number of nitrogens with zero attached hydrogens (tertiary/aromatic N) is 3. The second-order valence-electron chi connectivity index (χ2n) is 9.70. The quantitative estimate of drug-likeness (QED) is 0.226. The first-order valence-electron chi connectivity index (χ1n) is 13.0. The van der Waals surface area contributed by atoms with Crippen molar-refractivity contribution in [3.8, 4) is 5.75 Å².